The number of nitro benzene ring substituents is 1. The smallest absolute Gasteiger partial charge is 0.308 e. The lowest BCUT2D eigenvalue weighted by molar-refractivity contribution is -0.388. The number of hydrogen-bond donors (Lipinski definition) is 1. The van der Waals surface area contributed by atoms with Crippen LogP contribution in [0.25, 0.3) is 0 Å². The molecule has 1 rings (SSSR count). The van der Waals surface area contributed by atoms with Gasteiger partial charge in [0.15, 0.2) is 0 Å². The van der Waals surface area contributed by atoms with Crippen LogP contribution in [-0.2, 0) is 11.2 Å². The average Bonchev–Trinajstić information content (AvgIpc) is 2.16. The van der Waals surface area contributed by atoms with E-state index in [1.165, 1.54) is 17.8 Å². The van der Waals surface area contributed by atoms with Gasteiger partial charge in [0.25, 0.3) is 5.69 Å². The van der Waals surface area contributed by atoms with Crippen molar-refractivity contribution in [2.24, 2.45) is 0 Å². The van der Waals surface area contributed by atoms with E-state index in [4.69, 9.17) is 5.11 Å². The number of nitro groups is 1. The molecular weight excluding hydrogens is 230 g/mol. The van der Waals surface area contributed by atoms with Crippen molar-refractivity contribution in [1.29, 1.82) is 0 Å². The zero-order chi connectivity index (χ0) is 12.1. The molecule has 0 unspecified atom stereocenters. The van der Waals surface area contributed by atoms with Crippen LogP contribution < -0.4 is 0 Å². The highest BCUT2D eigenvalue weighted by molar-refractivity contribution is 7.99. The van der Waals surface area contributed by atoms with Gasteiger partial charge < -0.3 is 5.11 Å². The second-order valence-electron chi connectivity index (χ2n) is 3.02. The Morgan fingerprint density at radius 3 is 2.75 bits per heavy atom. The molecule has 0 radical (unpaired) electrons. The highest BCUT2D eigenvalue weighted by Crippen LogP contribution is 2.32. The zero-order valence-corrected chi connectivity index (χ0v) is 9.49. The molecule has 1 aromatic rings. The fourth-order valence-corrected chi connectivity index (χ4v) is 2.18. The van der Waals surface area contributed by atoms with E-state index in [1.54, 1.807) is 12.1 Å². The highest BCUT2D eigenvalue weighted by atomic mass is 32.2. The third-order valence-electron chi connectivity index (χ3n) is 1.91. The second kappa shape index (κ2) is 5.50. The molecule has 6 heteroatoms. The fourth-order valence-electron chi connectivity index (χ4n) is 1.35. The van der Waals surface area contributed by atoms with E-state index in [0.717, 1.165) is 0 Å². The number of carboxylic acid groups (broad SMARTS) is 1. The molecular formula is C10H11NO4S. The van der Waals surface area contributed by atoms with Crippen LogP contribution in [0.3, 0.4) is 0 Å². The van der Waals surface area contributed by atoms with Crippen molar-refractivity contribution in [1.82, 2.24) is 0 Å². The van der Waals surface area contributed by atoms with Gasteiger partial charge >= 0.3 is 5.97 Å². The van der Waals surface area contributed by atoms with Crippen molar-refractivity contribution >= 4 is 23.4 Å². The number of nitrogens with zero attached hydrogens (tertiary/aromatic N) is 1. The average molecular weight is 241 g/mol. The van der Waals surface area contributed by atoms with Gasteiger partial charge in [0.1, 0.15) is 0 Å². The number of carboxylic acids is 1. The SMILES string of the molecule is CCSc1cccc(CC(=O)O)c1[N+](=O)[O-]. The fraction of sp³-hybridized carbons (Fsp3) is 0.300. The van der Waals surface area contributed by atoms with Crippen LogP contribution in [0.15, 0.2) is 23.1 Å². The Bertz CT molecular complexity index is 419. The predicted octanol–water partition coefficient (Wildman–Crippen LogP) is 2.33. The molecule has 1 aromatic carbocycles. The normalized spacial score (nSPS) is 10.1. The highest BCUT2D eigenvalue weighted by Gasteiger charge is 2.20. The largest absolute Gasteiger partial charge is 0.481 e. The van der Waals surface area contributed by atoms with E-state index >= 15 is 0 Å². The quantitative estimate of drug-likeness (QED) is 0.486. The molecule has 0 fully saturated rings. The van der Waals surface area contributed by atoms with Crippen molar-refractivity contribution in [3.05, 3.63) is 33.9 Å². The van der Waals surface area contributed by atoms with E-state index in [2.05, 4.69) is 0 Å². The third kappa shape index (κ3) is 2.96. The van der Waals surface area contributed by atoms with Crippen LogP contribution in [0, 0.1) is 10.1 Å². The van der Waals surface area contributed by atoms with Crippen LogP contribution >= 0.6 is 11.8 Å². The first-order chi connectivity index (χ1) is 7.56. The van der Waals surface area contributed by atoms with Crippen molar-refractivity contribution < 1.29 is 14.8 Å². The lowest BCUT2D eigenvalue weighted by atomic mass is 10.1. The summed E-state index contributed by atoms with van der Waals surface area (Å²) in [6, 6.07) is 4.76. The Hall–Kier alpha value is -1.56. The summed E-state index contributed by atoms with van der Waals surface area (Å²) in [6.07, 6.45) is -0.325. The van der Waals surface area contributed by atoms with Crippen LogP contribution in [-0.4, -0.2) is 21.8 Å². The maximum absolute atomic E-state index is 10.9. The first-order valence-electron chi connectivity index (χ1n) is 4.67. The molecule has 0 aliphatic heterocycles. The van der Waals surface area contributed by atoms with Crippen LogP contribution in [0.4, 0.5) is 5.69 Å². The summed E-state index contributed by atoms with van der Waals surface area (Å²) in [7, 11) is 0. The lowest BCUT2D eigenvalue weighted by Gasteiger charge is -2.04. The monoisotopic (exact) mass is 241 g/mol. The Balaban J connectivity index is 3.21. The minimum atomic E-state index is -1.07. The summed E-state index contributed by atoms with van der Waals surface area (Å²) in [5.41, 5.74) is 0.160. The molecule has 0 aliphatic rings. The number of benzene rings is 1. The van der Waals surface area contributed by atoms with Crippen LogP contribution in [0.1, 0.15) is 12.5 Å². The van der Waals surface area contributed by atoms with E-state index in [0.29, 0.717) is 10.6 Å². The number of rotatable bonds is 5. The van der Waals surface area contributed by atoms with Crippen molar-refractivity contribution in [2.75, 3.05) is 5.75 Å². The number of para-hydroxylation sites is 1. The summed E-state index contributed by atoms with van der Waals surface area (Å²) in [5, 5.41) is 19.6. The molecule has 0 aliphatic carbocycles. The van der Waals surface area contributed by atoms with Crippen molar-refractivity contribution in [3.8, 4) is 0 Å². The Morgan fingerprint density at radius 2 is 2.25 bits per heavy atom. The molecule has 16 heavy (non-hydrogen) atoms. The van der Waals surface area contributed by atoms with Gasteiger partial charge in [-0.3, -0.25) is 14.9 Å². The molecule has 0 spiro atoms. The van der Waals surface area contributed by atoms with E-state index in [-0.39, 0.29) is 17.7 Å². The predicted molar refractivity (Wildman–Crippen MR) is 60.8 cm³/mol. The molecule has 0 aromatic heterocycles. The van der Waals surface area contributed by atoms with E-state index in [1.807, 2.05) is 6.92 Å². The molecule has 0 bridgehead atoms. The summed E-state index contributed by atoms with van der Waals surface area (Å²) < 4.78 is 0. The first kappa shape index (κ1) is 12.5. The molecule has 0 amide bonds. The summed E-state index contributed by atoms with van der Waals surface area (Å²) in [5.74, 6) is -0.362. The van der Waals surface area contributed by atoms with Gasteiger partial charge in [-0.05, 0) is 11.8 Å². The van der Waals surface area contributed by atoms with E-state index in [9.17, 15) is 14.9 Å². The molecule has 0 atom stereocenters. The second-order valence-corrected chi connectivity index (χ2v) is 4.33. The molecule has 1 N–H and O–H groups in total. The van der Waals surface area contributed by atoms with Gasteiger partial charge in [0.05, 0.1) is 16.2 Å². The van der Waals surface area contributed by atoms with Gasteiger partial charge in [0.2, 0.25) is 0 Å². The minimum Gasteiger partial charge on any atom is -0.481 e. The van der Waals surface area contributed by atoms with Crippen molar-refractivity contribution in [2.45, 2.75) is 18.2 Å². The zero-order valence-electron chi connectivity index (χ0n) is 8.67. The first-order valence-corrected chi connectivity index (χ1v) is 5.65. The van der Waals surface area contributed by atoms with Gasteiger partial charge in [-0.25, -0.2) is 0 Å². The maximum Gasteiger partial charge on any atom is 0.308 e. The topological polar surface area (TPSA) is 80.4 Å². The Labute approximate surface area is 96.6 Å². The molecule has 0 heterocycles. The lowest BCUT2D eigenvalue weighted by Crippen LogP contribution is -2.04. The van der Waals surface area contributed by atoms with Crippen LogP contribution in [0.5, 0.6) is 0 Å². The molecule has 0 saturated heterocycles. The molecule has 86 valence electrons. The standard InChI is InChI=1S/C10H11NO4S/c1-2-16-8-5-3-4-7(6-9(12)13)10(8)11(14)15/h3-5H,2,6H2,1H3,(H,12,13). The number of thioether (sulfide) groups is 1. The minimum absolute atomic E-state index is 0.0863. The van der Waals surface area contributed by atoms with Gasteiger partial charge in [-0.1, -0.05) is 19.1 Å². The number of carbonyl (C=O) groups is 1. The maximum atomic E-state index is 10.9. The number of aliphatic carboxylic acids is 1. The summed E-state index contributed by atoms with van der Waals surface area (Å²) in [4.78, 5) is 21.5. The Morgan fingerprint density at radius 1 is 1.56 bits per heavy atom. The summed E-state index contributed by atoms with van der Waals surface area (Å²) >= 11 is 1.34. The van der Waals surface area contributed by atoms with Crippen molar-refractivity contribution in [3.63, 3.8) is 0 Å². The number of hydrogen-bond acceptors (Lipinski definition) is 4. The summed E-state index contributed by atoms with van der Waals surface area (Å²) in [6.45, 7) is 1.89. The van der Waals surface area contributed by atoms with Gasteiger partial charge in [-0.15, -0.1) is 11.8 Å². The third-order valence-corrected chi connectivity index (χ3v) is 2.84. The van der Waals surface area contributed by atoms with Gasteiger partial charge in [0, 0.05) is 5.56 Å². The van der Waals surface area contributed by atoms with E-state index < -0.39 is 10.9 Å². The van der Waals surface area contributed by atoms with Crippen LogP contribution in [0.2, 0.25) is 0 Å². The molecule has 0 saturated carbocycles. The Kier molecular flexibility index (Phi) is 4.30. The van der Waals surface area contributed by atoms with Gasteiger partial charge in [-0.2, -0.15) is 0 Å². The molecule has 5 nitrogen and oxygen atoms in total.